The van der Waals surface area contributed by atoms with Gasteiger partial charge in [-0.2, -0.15) is 0 Å². The Morgan fingerprint density at radius 2 is 1.65 bits per heavy atom. The first-order chi connectivity index (χ1) is 16.3. The van der Waals surface area contributed by atoms with Crippen molar-refractivity contribution < 1.29 is 33.3 Å². The number of hydrogen-bond donors (Lipinski definition) is 1. The normalized spacial score (nSPS) is 17.2. The molecule has 34 heavy (non-hydrogen) atoms. The largest absolute Gasteiger partial charge is 0.507 e. The molecule has 1 saturated heterocycles. The Labute approximate surface area is 200 Å². The minimum Gasteiger partial charge on any atom is -0.507 e. The van der Waals surface area contributed by atoms with Gasteiger partial charge in [0.2, 0.25) is 0 Å². The van der Waals surface area contributed by atoms with E-state index in [4.69, 9.17) is 30.2 Å². The van der Waals surface area contributed by atoms with Crippen molar-refractivity contribution in [2.75, 3.05) is 26.2 Å². The van der Waals surface area contributed by atoms with Gasteiger partial charge in [-0.1, -0.05) is 23.7 Å². The van der Waals surface area contributed by atoms with E-state index in [9.17, 15) is 14.7 Å². The van der Waals surface area contributed by atoms with Crippen LogP contribution in [0.25, 0.3) is 5.76 Å². The molecule has 2 aromatic carbocycles. The van der Waals surface area contributed by atoms with Crippen molar-refractivity contribution in [2.24, 2.45) is 0 Å². The van der Waals surface area contributed by atoms with Gasteiger partial charge >= 0.3 is 0 Å². The molecule has 1 aromatic heterocycles. The molecule has 1 unspecified atom stereocenters. The smallest absolute Gasteiger partial charge is 0.300 e. The fourth-order valence-corrected chi connectivity index (χ4v) is 4.21. The number of aliphatic hydroxyl groups is 1. The minimum atomic E-state index is -1.06. The van der Waals surface area contributed by atoms with E-state index in [0.717, 1.165) is 0 Å². The lowest BCUT2D eigenvalue weighted by Gasteiger charge is -2.25. The molecule has 1 atom stereocenters. The number of anilines is 1. The molecule has 3 aromatic rings. The third-order valence-corrected chi connectivity index (χ3v) is 5.84. The topological polar surface area (TPSA) is 98.4 Å². The van der Waals surface area contributed by atoms with Gasteiger partial charge in [0.05, 0.1) is 43.2 Å². The number of aliphatic hydroxyl groups excluding tert-OH is 1. The molecular weight excluding hydrogens is 462 g/mol. The van der Waals surface area contributed by atoms with Crippen molar-refractivity contribution in [3.05, 3.63) is 76.2 Å². The molecule has 1 N–H and O–H groups in total. The molecule has 1 amide bonds. The summed E-state index contributed by atoms with van der Waals surface area (Å²) in [5, 5.41) is 11.6. The number of rotatable bonds is 6. The van der Waals surface area contributed by atoms with Crippen LogP contribution in [0.4, 0.5) is 5.69 Å². The first kappa shape index (κ1) is 23.3. The van der Waals surface area contributed by atoms with E-state index in [1.807, 2.05) is 0 Å². The first-order valence-corrected chi connectivity index (χ1v) is 10.6. The van der Waals surface area contributed by atoms with Crippen molar-refractivity contribution in [3.8, 4) is 17.2 Å². The standard InChI is InChI=1S/C25H22ClNO7/c1-13-9-10-18(34-13)22-21(23(28)14-11-15(26)20(33-4)12-19(14)32-3)24(29)25(30)27(22)16-7-5-6-8-17(16)31-2/h5-12,22,28H,1-4H3/b23-21+. The predicted molar refractivity (Wildman–Crippen MR) is 126 cm³/mol. The van der Waals surface area contributed by atoms with Gasteiger partial charge in [-0.3, -0.25) is 14.5 Å². The van der Waals surface area contributed by atoms with Crippen LogP contribution < -0.4 is 19.1 Å². The van der Waals surface area contributed by atoms with Crippen LogP contribution in [-0.4, -0.2) is 38.1 Å². The second-order valence-corrected chi connectivity index (χ2v) is 7.88. The van der Waals surface area contributed by atoms with Gasteiger partial charge in [0.15, 0.2) is 0 Å². The molecule has 1 fully saturated rings. The van der Waals surface area contributed by atoms with Crippen molar-refractivity contribution in [2.45, 2.75) is 13.0 Å². The number of carbonyl (C=O) groups is 2. The SMILES string of the molecule is COc1cc(OC)c(/C(O)=C2\C(=O)C(=O)N(c3ccccc3OC)C2c2ccc(C)o2)cc1Cl. The second kappa shape index (κ2) is 9.15. The third-order valence-electron chi connectivity index (χ3n) is 5.55. The van der Waals surface area contributed by atoms with Crippen LogP contribution in [-0.2, 0) is 9.59 Å². The first-order valence-electron chi connectivity index (χ1n) is 10.2. The number of carbonyl (C=O) groups excluding carboxylic acids is 2. The van der Waals surface area contributed by atoms with E-state index < -0.39 is 23.5 Å². The highest BCUT2D eigenvalue weighted by Gasteiger charge is 2.49. The number of nitrogens with zero attached hydrogens (tertiary/aromatic N) is 1. The van der Waals surface area contributed by atoms with Crippen LogP contribution >= 0.6 is 11.6 Å². The van der Waals surface area contributed by atoms with Gasteiger partial charge < -0.3 is 23.7 Å². The van der Waals surface area contributed by atoms with E-state index in [1.165, 1.54) is 38.4 Å². The molecule has 0 spiro atoms. The predicted octanol–water partition coefficient (Wildman–Crippen LogP) is 4.89. The zero-order chi connectivity index (χ0) is 24.6. The quantitative estimate of drug-likeness (QED) is 0.302. The highest BCUT2D eigenvalue weighted by molar-refractivity contribution is 6.52. The Bertz CT molecular complexity index is 1310. The number of aryl methyl sites for hydroxylation is 1. The monoisotopic (exact) mass is 483 g/mol. The van der Waals surface area contributed by atoms with Crippen molar-refractivity contribution in [3.63, 3.8) is 0 Å². The van der Waals surface area contributed by atoms with Crippen LogP contribution in [0, 0.1) is 6.92 Å². The van der Waals surface area contributed by atoms with E-state index in [1.54, 1.807) is 43.3 Å². The van der Waals surface area contributed by atoms with Gasteiger partial charge in [0.1, 0.15) is 40.6 Å². The van der Waals surface area contributed by atoms with Gasteiger partial charge in [0, 0.05) is 6.07 Å². The van der Waals surface area contributed by atoms with Gasteiger partial charge in [-0.05, 0) is 37.3 Å². The summed E-state index contributed by atoms with van der Waals surface area (Å²) in [6, 6.07) is 12.0. The summed E-state index contributed by atoms with van der Waals surface area (Å²) < 4.78 is 21.8. The van der Waals surface area contributed by atoms with E-state index in [2.05, 4.69) is 0 Å². The Morgan fingerprint density at radius 3 is 2.26 bits per heavy atom. The van der Waals surface area contributed by atoms with Crippen molar-refractivity contribution >= 4 is 34.7 Å². The molecular formula is C25H22ClNO7. The Morgan fingerprint density at radius 1 is 0.971 bits per heavy atom. The molecule has 0 aliphatic carbocycles. The van der Waals surface area contributed by atoms with E-state index >= 15 is 0 Å². The molecule has 9 heteroatoms. The number of halogens is 1. The second-order valence-electron chi connectivity index (χ2n) is 7.48. The average molecular weight is 484 g/mol. The average Bonchev–Trinajstić information content (AvgIpc) is 3.38. The Kier molecular flexibility index (Phi) is 6.26. The molecule has 8 nitrogen and oxygen atoms in total. The number of Topliss-reactive ketones (excluding diaryl/α,β-unsaturated/α-hetero) is 1. The number of para-hydroxylation sites is 2. The van der Waals surface area contributed by atoms with Crippen molar-refractivity contribution in [1.82, 2.24) is 0 Å². The fraction of sp³-hybridized carbons (Fsp3) is 0.200. The highest BCUT2D eigenvalue weighted by Crippen LogP contribution is 2.46. The molecule has 4 rings (SSSR count). The maximum Gasteiger partial charge on any atom is 0.300 e. The molecule has 176 valence electrons. The maximum absolute atomic E-state index is 13.3. The fourth-order valence-electron chi connectivity index (χ4n) is 3.97. The van der Waals surface area contributed by atoms with E-state index in [0.29, 0.717) is 28.7 Å². The van der Waals surface area contributed by atoms with Crippen LogP contribution in [0.3, 0.4) is 0 Å². The summed E-state index contributed by atoms with van der Waals surface area (Å²) in [7, 11) is 4.31. The van der Waals surface area contributed by atoms with Gasteiger partial charge in [-0.15, -0.1) is 0 Å². The molecule has 0 bridgehead atoms. The number of hydrogen-bond acceptors (Lipinski definition) is 7. The Balaban J connectivity index is 2.00. The molecule has 1 aliphatic rings. The molecule has 2 heterocycles. The van der Waals surface area contributed by atoms with Crippen molar-refractivity contribution in [1.29, 1.82) is 0 Å². The molecule has 0 saturated carbocycles. The summed E-state index contributed by atoms with van der Waals surface area (Å²) in [5.41, 5.74) is 0.300. The molecule has 1 aliphatic heterocycles. The lowest BCUT2D eigenvalue weighted by atomic mass is 9.98. The number of methoxy groups -OCH3 is 3. The van der Waals surface area contributed by atoms with Crippen LogP contribution in [0.2, 0.25) is 5.02 Å². The summed E-state index contributed by atoms with van der Waals surface area (Å²) in [6.07, 6.45) is 0. The van der Waals surface area contributed by atoms with E-state index in [-0.39, 0.29) is 21.9 Å². The summed E-state index contributed by atoms with van der Waals surface area (Å²) in [5.74, 6) is -0.424. The summed E-state index contributed by atoms with van der Waals surface area (Å²) >= 11 is 6.28. The minimum absolute atomic E-state index is 0.125. The Hall–Kier alpha value is -3.91. The lowest BCUT2D eigenvalue weighted by molar-refractivity contribution is -0.132. The van der Waals surface area contributed by atoms with Crippen LogP contribution in [0.5, 0.6) is 17.2 Å². The van der Waals surface area contributed by atoms with Gasteiger partial charge in [-0.25, -0.2) is 0 Å². The number of amides is 1. The summed E-state index contributed by atoms with van der Waals surface area (Å²) in [4.78, 5) is 27.9. The third kappa shape index (κ3) is 3.76. The number of furan rings is 1. The van der Waals surface area contributed by atoms with Crippen LogP contribution in [0.15, 0.2) is 58.5 Å². The number of benzene rings is 2. The van der Waals surface area contributed by atoms with Crippen LogP contribution in [0.1, 0.15) is 23.1 Å². The number of ether oxygens (including phenoxy) is 3. The summed E-state index contributed by atoms with van der Waals surface area (Å²) in [6.45, 7) is 1.74. The highest BCUT2D eigenvalue weighted by atomic mass is 35.5. The molecule has 0 radical (unpaired) electrons. The maximum atomic E-state index is 13.3. The zero-order valence-corrected chi connectivity index (χ0v) is 19.7. The van der Waals surface area contributed by atoms with Gasteiger partial charge in [0.25, 0.3) is 11.7 Å². The lowest BCUT2D eigenvalue weighted by Crippen LogP contribution is -2.29. The number of ketones is 1. The zero-order valence-electron chi connectivity index (χ0n) is 18.9.